The van der Waals surface area contributed by atoms with Crippen molar-refractivity contribution < 1.29 is 17.6 Å². The first kappa shape index (κ1) is 20.7. The molecule has 0 unspecified atom stereocenters. The molecule has 0 fully saturated rings. The number of sulfonamides is 1. The average molecular weight is 454 g/mol. The Morgan fingerprint density at radius 3 is 2.35 bits per heavy atom. The van der Waals surface area contributed by atoms with Crippen molar-refractivity contribution in [3.8, 4) is 0 Å². The fraction of sp³-hybridized carbons (Fsp3) is 0. The zero-order valence-corrected chi connectivity index (χ0v) is 17.6. The quantitative estimate of drug-likeness (QED) is 0.407. The molecule has 0 saturated heterocycles. The predicted octanol–water partition coefficient (Wildman–Crippen LogP) is 4.89. The zero-order chi connectivity index (χ0) is 21.8. The molecule has 31 heavy (non-hydrogen) atoms. The summed E-state index contributed by atoms with van der Waals surface area (Å²) in [5, 5.41) is 3.34. The molecule has 4 rings (SSSR count). The van der Waals surface area contributed by atoms with Crippen LogP contribution in [0, 0.1) is 5.82 Å². The van der Waals surface area contributed by atoms with Crippen LogP contribution in [0.2, 0.25) is 0 Å². The van der Waals surface area contributed by atoms with E-state index in [1.54, 1.807) is 24.3 Å². The normalized spacial score (nSPS) is 11.6. The molecule has 0 aliphatic heterocycles. The van der Waals surface area contributed by atoms with Gasteiger partial charge in [0.2, 0.25) is 5.91 Å². The lowest BCUT2D eigenvalue weighted by Crippen LogP contribution is -2.16. The second-order valence-electron chi connectivity index (χ2n) is 6.45. The Labute approximate surface area is 182 Å². The van der Waals surface area contributed by atoms with Gasteiger partial charge in [-0.1, -0.05) is 24.3 Å². The number of hydrogen-bond acceptors (Lipinski definition) is 5. The van der Waals surface area contributed by atoms with Gasteiger partial charge in [0.25, 0.3) is 10.0 Å². The Kier molecular flexibility index (Phi) is 5.79. The van der Waals surface area contributed by atoms with Crippen LogP contribution in [0.1, 0.15) is 5.01 Å². The molecule has 1 aromatic heterocycles. The molecular formula is C22H16FN3O3S2. The lowest BCUT2D eigenvalue weighted by molar-refractivity contribution is -0.111. The van der Waals surface area contributed by atoms with Crippen LogP contribution in [0.3, 0.4) is 0 Å². The number of aromatic nitrogens is 1. The molecule has 3 aromatic carbocycles. The molecule has 156 valence electrons. The average Bonchev–Trinajstić information content (AvgIpc) is 3.17. The molecule has 1 heterocycles. The van der Waals surface area contributed by atoms with Gasteiger partial charge in [-0.3, -0.25) is 9.52 Å². The van der Waals surface area contributed by atoms with E-state index in [-0.39, 0.29) is 16.3 Å². The summed E-state index contributed by atoms with van der Waals surface area (Å²) < 4.78 is 41.7. The van der Waals surface area contributed by atoms with E-state index in [1.807, 2.05) is 24.3 Å². The maximum Gasteiger partial charge on any atom is 0.261 e. The number of fused-ring (bicyclic) bond motifs is 1. The predicted molar refractivity (Wildman–Crippen MR) is 121 cm³/mol. The minimum absolute atomic E-state index is 0.0919. The lowest BCUT2D eigenvalue weighted by Gasteiger charge is -2.12. The molecule has 6 nitrogen and oxygen atoms in total. The lowest BCUT2D eigenvalue weighted by atomic mass is 10.2. The van der Waals surface area contributed by atoms with Gasteiger partial charge >= 0.3 is 0 Å². The third kappa shape index (κ3) is 4.96. The molecule has 0 bridgehead atoms. The van der Waals surface area contributed by atoms with Gasteiger partial charge in [0.1, 0.15) is 10.8 Å². The summed E-state index contributed by atoms with van der Waals surface area (Å²) in [6.07, 6.45) is 2.94. The topological polar surface area (TPSA) is 88.2 Å². The summed E-state index contributed by atoms with van der Waals surface area (Å²) >= 11 is 1.46. The van der Waals surface area contributed by atoms with E-state index in [2.05, 4.69) is 15.0 Å². The largest absolute Gasteiger partial charge is 0.321 e. The molecular weight excluding hydrogens is 437 g/mol. The SMILES string of the molecule is O=C(/C=C/c1nc2ccccc2s1)Nc1ccccc1NS(=O)(=O)c1ccc(F)cc1. The minimum atomic E-state index is -3.95. The van der Waals surface area contributed by atoms with Crippen molar-refractivity contribution in [1.29, 1.82) is 0 Å². The van der Waals surface area contributed by atoms with Crippen molar-refractivity contribution in [2.24, 2.45) is 0 Å². The first-order chi connectivity index (χ1) is 14.9. The molecule has 2 N–H and O–H groups in total. The highest BCUT2D eigenvalue weighted by molar-refractivity contribution is 7.92. The van der Waals surface area contributed by atoms with Crippen LogP contribution in [-0.4, -0.2) is 19.3 Å². The Morgan fingerprint density at radius 2 is 1.61 bits per heavy atom. The number of thiazole rings is 1. The van der Waals surface area contributed by atoms with Crippen LogP contribution >= 0.6 is 11.3 Å². The van der Waals surface area contributed by atoms with Crippen LogP contribution in [0.25, 0.3) is 16.3 Å². The molecule has 0 radical (unpaired) electrons. The van der Waals surface area contributed by atoms with Crippen LogP contribution in [0.15, 0.2) is 83.8 Å². The molecule has 0 atom stereocenters. The molecule has 0 spiro atoms. The number of carbonyl (C=O) groups excluding carboxylic acids is 1. The molecule has 0 aliphatic rings. The Bertz CT molecular complexity index is 1350. The van der Waals surface area contributed by atoms with E-state index in [4.69, 9.17) is 0 Å². The first-order valence-corrected chi connectivity index (χ1v) is 11.4. The summed E-state index contributed by atoms with van der Waals surface area (Å²) in [5.74, 6) is -0.973. The van der Waals surface area contributed by atoms with Crippen molar-refractivity contribution in [2.45, 2.75) is 4.90 Å². The Balaban J connectivity index is 1.50. The maximum atomic E-state index is 13.1. The highest BCUT2D eigenvalue weighted by Gasteiger charge is 2.16. The second-order valence-corrected chi connectivity index (χ2v) is 9.19. The number of hydrogen-bond donors (Lipinski definition) is 2. The first-order valence-electron chi connectivity index (χ1n) is 9.13. The second kappa shape index (κ2) is 8.66. The number of nitrogens with zero attached hydrogens (tertiary/aromatic N) is 1. The van der Waals surface area contributed by atoms with E-state index >= 15 is 0 Å². The number of amides is 1. The van der Waals surface area contributed by atoms with E-state index in [0.717, 1.165) is 22.3 Å². The third-order valence-corrected chi connectivity index (χ3v) is 6.62. The third-order valence-electron chi connectivity index (χ3n) is 4.24. The van der Waals surface area contributed by atoms with Gasteiger partial charge in [-0.2, -0.15) is 0 Å². The summed E-state index contributed by atoms with van der Waals surface area (Å²) in [5.41, 5.74) is 1.33. The van der Waals surface area contributed by atoms with E-state index in [1.165, 1.54) is 35.6 Å². The summed E-state index contributed by atoms with van der Waals surface area (Å²) in [7, 11) is -3.95. The van der Waals surface area contributed by atoms with E-state index < -0.39 is 21.7 Å². The summed E-state index contributed by atoms with van der Waals surface area (Å²) in [6.45, 7) is 0. The summed E-state index contributed by atoms with van der Waals surface area (Å²) in [6, 6.07) is 18.5. The number of nitrogens with one attached hydrogen (secondary N) is 2. The fourth-order valence-electron chi connectivity index (χ4n) is 2.78. The van der Waals surface area contributed by atoms with Gasteiger partial charge in [-0.15, -0.1) is 11.3 Å². The Hall–Kier alpha value is -3.56. The molecule has 0 aliphatic carbocycles. The van der Waals surface area contributed by atoms with Crippen LogP contribution in [0.5, 0.6) is 0 Å². The van der Waals surface area contributed by atoms with Crippen LogP contribution in [0.4, 0.5) is 15.8 Å². The van der Waals surface area contributed by atoms with Crippen LogP contribution in [-0.2, 0) is 14.8 Å². The molecule has 9 heteroatoms. The molecule has 4 aromatic rings. The monoisotopic (exact) mass is 453 g/mol. The van der Waals surface area contributed by atoms with Gasteiger partial charge in [0, 0.05) is 6.08 Å². The maximum absolute atomic E-state index is 13.1. The van der Waals surface area contributed by atoms with Crippen LogP contribution < -0.4 is 10.0 Å². The standard InChI is InChI=1S/C22H16FN3O3S2/c23-15-9-11-16(12-10-15)31(28,29)26-18-6-2-1-5-17(18)24-21(27)13-14-22-25-19-7-3-4-8-20(19)30-22/h1-14,26H,(H,24,27)/b14-13+. The summed E-state index contributed by atoms with van der Waals surface area (Å²) in [4.78, 5) is 16.7. The van der Waals surface area contributed by atoms with E-state index in [0.29, 0.717) is 5.01 Å². The van der Waals surface area contributed by atoms with Gasteiger partial charge in [-0.25, -0.2) is 17.8 Å². The van der Waals surface area contributed by atoms with Gasteiger partial charge in [0.15, 0.2) is 0 Å². The van der Waals surface area contributed by atoms with Gasteiger partial charge in [0.05, 0.1) is 26.5 Å². The smallest absolute Gasteiger partial charge is 0.261 e. The van der Waals surface area contributed by atoms with Gasteiger partial charge in [-0.05, 0) is 54.6 Å². The van der Waals surface area contributed by atoms with Crippen molar-refractivity contribution >= 4 is 54.9 Å². The van der Waals surface area contributed by atoms with Crippen molar-refractivity contribution in [1.82, 2.24) is 4.98 Å². The van der Waals surface area contributed by atoms with Crippen molar-refractivity contribution in [3.63, 3.8) is 0 Å². The molecule has 0 saturated carbocycles. The highest BCUT2D eigenvalue weighted by atomic mass is 32.2. The Morgan fingerprint density at radius 1 is 0.935 bits per heavy atom. The molecule has 1 amide bonds. The minimum Gasteiger partial charge on any atom is -0.321 e. The number of benzene rings is 3. The van der Waals surface area contributed by atoms with Crippen molar-refractivity contribution in [2.75, 3.05) is 10.0 Å². The highest BCUT2D eigenvalue weighted by Crippen LogP contribution is 2.25. The van der Waals surface area contributed by atoms with Gasteiger partial charge < -0.3 is 5.32 Å². The number of halogens is 1. The number of anilines is 2. The zero-order valence-electron chi connectivity index (χ0n) is 15.9. The van der Waals surface area contributed by atoms with Crippen molar-refractivity contribution in [3.05, 3.63) is 89.7 Å². The van der Waals surface area contributed by atoms with E-state index in [9.17, 15) is 17.6 Å². The number of carbonyl (C=O) groups is 1. The fourth-order valence-corrected chi connectivity index (χ4v) is 4.73. The number of rotatable bonds is 6. The number of para-hydroxylation sites is 3.